The molecule has 1 aromatic rings. The number of hydrogen-bond acceptors (Lipinski definition) is 5. The van der Waals surface area contributed by atoms with Crippen LogP contribution in [0.1, 0.15) is 18.3 Å². The van der Waals surface area contributed by atoms with E-state index in [4.69, 9.17) is 5.73 Å². The van der Waals surface area contributed by atoms with Crippen molar-refractivity contribution in [2.24, 2.45) is 0 Å². The number of nitrogens with two attached hydrogens (primary N) is 1. The van der Waals surface area contributed by atoms with Crippen LogP contribution in [-0.2, 0) is 0 Å². The summed E-state index contributed by atoms with van der Waals surface area (Å²) in [6.45, 7) is 3.12. The average Bonchev–Trinajstić information content (AvgIpc) is 2.45. The molecule has 0 saturated carbocycles. The first kappa shape index (κ1) is 12.7. The van der Waals surface area contributed by atoms with Gasteiger partial charge in [0.2, 0.25) is 0 Å². The third-order valence-corrected chi connectivity index (χ3v) is 3.77. The lowest BCUT2D eigenvalue weighted by molar-refractivity contribution is 0.219. The Balaban J connectivity index is 2.26. The first-order chi connectivity index (χ1) is 8.08. The molecule has 1 atom stereocenters. The van der Waals surface area contributed by atoms with Crippen LogP contribution in [0.5, 0.6) is 0 Å². The molecule has 1 saturated heterocycles. The molecule has 1 aliphatic rings. The number of nitrogen functional groups attached to an aromatic ring is 1. The fourth-order valence-electron chi connectivity index (χ4n) is 2.11. The van der Waals surface area contributed by atoms with Crippen molar-refractivity contribution in [1.29, 1.82) is 0 Å². The van der Waals surface area contributed by atoms with Gasteiger partial charge in [-0.25, -0.2) is 9.97 Å². The Bertz CT molecular complexity index is 397. The molecule has 1 unspecified atom stereocenters. The second kappa shape index (κ2) is 5.29. The van der Waals surface area contributed by atoms with E-state index in [1.807, 2.05) is 0 Å². The molecule has 94 valence electrons. The van der Waals surface area contributed by atoms with Gasteiger partial charge in [0.25, 0.3) is 0 Å². The Hall–Kier alpha value is -0.720. The maximum atomic E-state index is 5.82. The van der Waals surface area contributed by atoms with Crippen LogP contribution in [0.15, 0.2) is 10.7 Å². The first-order valence-corrected chi connectivity index (χ1v) is 6.54. The van der Waals surface area contributed by atoms with Crippen molar-refractivity contribution in [2.75, 3.05) is 39.5 Å². The predicted molar refractivity (Wildman–Crippen MR) is 71.6 cm³/mol. The van der Waals surface area contributed by atoms with Gasteiger partial charge < -0.3 is 10.6 Å². The second-order valence-electron chi connectivity index (χ2n) is 4.57. The maximum Gasteiger partial charge on any atom is 0.149 e. The van der Waals surface area contributed by atoms with Crippen molar-refractivity contribution >= 4 is 21.7 Å². The fraction of sp³-hybridized carbons (Fsp3) is 0.636. The molecule has 5 nitrogen and oxygen atoms in total. The Morgan fingerprint density at radius 1 is 1.41 bits per heavy atom. The van der Waals surface area contributed by atoms with E-state index < -0.39 is 0 Å². The summed E-state index contributed by atoms with van der Waals surface area (Å²) < 4.78 is 0.755. The molecular formula is C11H18BrN5. The number of nitrogens with zero attached hydrogens (tertiary/aromatic N) is 4. The highest BCUT2D eigenvalue weighted by atomic mass is 79.9. The molecule has 1 aliphatic heterocycles. The smallest absolute Gasteiger partial charge is 0.149 e. The van der Waals surface area contributed by atoms with E-state index in [9.17, 15) is 0 Å². The monoisotopic (exact) mass is 299 g/mol. The number of rotatable bonds is 1. The number of hydrogen-bond donors (Lipinski definition) is 1. The van der Waals surface area contributed by atoms with Crippen LogP contribution < -0.4 is 5.73 Å². The van der Waals surface area contributed by atoms with Gasteiger partial charge in [0, 0.05) is 12.7 Å². The quantitative estimate of drug-likeness (QED) is 0.842. The van der Waals surface area contributed by atoms with Crippen molar-refractivity contribution in [2.45, 2.75) is 12.5 Å². The minimum Gasteiger partial charge on any atom is -0.383 e. The molecule has 0 bridgehead atoms. The molecule has 1 fully saturated rings. The van der Waals surface area contributed by atoms with Gasteiger partial charge in [-0.05, 0) is 49.5 Å². The van der Waals surface area contributed by atoms with Crippen molar-refractivity contribution in [3.63, 3.8) is 0 Å². The zero-order chi connectivity index (χ0) is 12.4. The van der Waals surface area contributed by atoms with E-state index in [-0.39, 0.29) is 6.04 Å². The summed E-state index contributed by atoms with van der Waals surface area (Å²) in [5, 5.41) is 0. The molecule has 0 spiro atoms. The third-order valence-electron chi connectivity index (χ3n) is 3.16. The SMILES string of the molecule is CN1CCCN(C)C(c2ncc(Br)c(N)n2)C1. The van der Waals surface area contributed by atoms with E-state index in [1.54, 1.807) is 6.20 Å². The van der Waals surface area contributed by atoms with Gasteiger partial charge >= 0.3 is 0 Å². The molecule has 2 heterocycles. The maximum absolute atomic E-state index is 5.82. The Labute approximate surface area is 110 Å². The molecular weight excluding hydrogens is 282 g/mol. The number of likely N-dealkylation sites (N-methyl/N-ethyl adjacent to an activating group) is 2. The molecule has 0 aromatic carbocycles. The molecule has 17 heavy (non-hydrogen) atoms. The summed E-state index contributed by atoms with van der Waals surface area (Å²) in [5.74, 6) is 1.32. The summed E-state index contributed by atoms with van der Waals surface area (Å²) in [6.07, 6.45) is 2.91. The fourth-order valence-corrected chi connectivity index (χ4v) is 2.30. The van der Waals surface area contributed by atoms with Crippen LogP contribution in [0, 0.1) is 0 Å². The minimum atomic E-state index is 0.220. The highest BCUT2D eigenvalue weighted by Gasteiger charge is 2.24. The van der Waals surface area contributed by atoms with Crippen LogP contribution >= 0.6 is 15.9 Å². The summed E-state index contributed by atoms with van der Waals surface area (Å²) in [6, 6.07) is 0.220. The lowest BCUT2D eigenvalue weighted by atomic mass is 10.2. The van der Waals surface area contributed by atoms with Crippen molar-refractivity contribution in [3.8, 4) is 0 Å². The van der Waals surface area contributed by atoms with E-state index in [2.05, 4.69) is 49.8 Å². The summed E-state index contributed by atoms with van der Waals surface area (Å²) in [5.41, 5.74) is 5.82. The van der Waals surface area contributed by atoms with Crippen LogP contribution in [-0.4, -0.2) is 53.5 Å². The van der Waals surface area contributed by atoms with Crippen LogP contribution in [0.2, 0.25) is 0 Å². The summed E-state index contributed by atoms with van der Waals surface area (Å²) >= 11 is 3.32. The second-order valence-corrected chi connectivity index (χ2v) is 5.43. The third kappa shape index (κ3) is 2.94. The highest BCUT2D eigenvalue weighted by molar-refractivity contribution is 9.10. The van der Waals surface area contributed by atoms with Gasteiger partial charge in [-0.3, -0.25) is 4.90 Å². The lowest BCUT2D eigenvalue weighted by Crippen LogP contribution is -2.32. The Morgan fingerprint density at radius 3 is 2.88 bits per heavy atom. The Morgan fingerprint density at radius 2 is 2.18 bits per heavy atom. The molecule has 0 aliphatic carbocycles. The first-order valence-electron chi connectivity index (χ1n) is 5.74. The van der Waals surface area contributed by atoms with E-state index in [0.717, 1.165) is 29.9 Å². The molecule has 1 aromatic heterocycles. The van der Waals surface area contributed by atoms with Gasteiger partial charge in [-0.1, -0.05) is 0 Å². The predicted octanol–water partition coefficient (Wildman–Crippen LogP) is 1.13. The van der Waals surface area contributed by atoms with Crippen LogP contribution in [0.3, 0.4) is 0 Å². The number of aromatic nitrogens is 2. The van der Waals surface area contributed by atoms with E-state index in [0.29, 0.717) is 5.82 Å². The van der Waals surface area contributed by atoms with E-state index >= 15 is 0 Å². The van der Waals surface area contributed by atoms with Gasteiger partial charge in [0.1, 0.15) is 11.6 Å². The zero-order valence-electron chi connectivity index (χ0n) is 10.2. The van der Waals surface area contributed by atoms with Crippen LogP contribution in [0.25, 0.3) is 0 Å². The van der Waals surface area contributed by atoms with Crippen molar-refractivity contribution < 1.29 is 0 Å². The molecule has 0 amide bonds. The number of halogens is 1. The Kier molecular flexibility index (Phi) is 3.96. The zero-order valence-corrected chi connectivity index (χ0v) is 11.8. The van der Waals surface area contributed by atoms with Crippen molar-refractivity contribution in [3.05, 3.63) is 16.5 Å². The normalized spacial score (nSPS) is 23.6. The minimum absolute atomic E-state index is 0.220. The summed E-state index contributed by atoms with van der Waals surface area (Å²) in [7, 11) is 4.25. The van der Waals surface area contributed by atoms with Gasteiger partial charge in [-0.2, -0.15) is 0 Å². The lowest BCUT2D eigenvalue weighted by Gasteiger charge is -2.26. The van der Waals surface area contributed by atoms with Gasteiger partial charge in [0.05, 0.1) is 10.5 Å². The summed E-state index contributed by atoms with van der Waals surface area (Å²) in [4.78, 5) is 13.4. The van der Waals surface area contributed by atoms with E-state index in [1.165, 1.54) is 6.42 Å². The van der Waals surface area contributed by atoms with Gasteiger partial charge in [0.15, 0.2) is 0 Å². The largest absolute Gasteiger partial charge is 0.383 e. The highest BCUT2D eigenvalue weighted by Crippen LogP contribution is 2.23. The standard InChI is InChI=1S/C11H18BrN5/c1-16-4-3-5-17(2)9(7-16)11-14-6-8(12)10(13)15-11/h6,9H,3-5,7H2,1-2H3,(H2,13,14,15). The molecule has 2 N–H and O–H groups in total. The molecule has 0 radical (unpaired) electrons. The average molecular weight is 300 g/mol. The van der Waals surface area contributed by atoms with Gasteiger partial charge in [-0.15, -0.1) is 0 Å². The topological polar surface area (TPSA) is 58.3 Å². The van der Waals surface area contributed by atoms with Crippen LogP contribution in [0.4, 0.5) is 5.82 Å². The molecule has 2 rings (SSSR count). The molecule has 6 heteroatoms. The number of anilines is 1. The van der Waals surface area contributed by atoms with Crippen molar-refractivity contribution in [1.82, 2.24) is 19.8 Å².